The molecule has 0 unspecified atom stereocenters. The Morgan fingerprint density at radius 2 is 1.45 bits per heavy atom. The van der Waals surface area contributed by atoms with Crippen LogP contribution in [0.1, 0.15) is 16.7 Å². The minimum Gasteiger partial charge on any atom is -0.429 e. The number of benzene rings is 3. The van der Waals surface area contributed by atoms with Crippen LogP contribution in [0.5, 0.6) is 5.75 Å². The van der Waals surface area contributed by atoms with Crippen molar-refractivity contribution in [2.75, 3.05) is 0 Å². The zero-order chi connectivity index (χ0) is 21.3. The molecule has 3 rings (SSSR count). The van der Waals surface area contributed by atoms with E-state index in [1.54, 1.807) is 0 Å². The van der Waals surface area contributed by atoms with E-state index in [0.717, 1.165) is 24.3 Å². The summed E-state index contributed by atoms with van der Waals surface area (Å²) in [5, 5.41) is 8.60. The van der Waals surface area contributed by atoms with Crippen LogP contribution in [-0.4, -0.2) is 0 Å². The van der Waals surface area contributed by atoms with Crippen molar-refractivity contribution >= 4 is 0 Å². The first kappa shape index (κ1) is 20.3. The Morgan fingerprint density at radius 3 is 2.00 bits per heavy atom. The molecule has 0 saturated heterocycles. The lowest BCUT2D eigenvalue weighted by atomic mass is 10.0. The molecule has 0 aliphatic heterocycles. The molecule has 0 heterocycles. The molecular weight excluding hydrogens is 396 g/mol. The van der Waals surface area contributed by atoms with Gasteiger partial charge >= 0.3 is 6.11 Å². The summed E-state index contributed by atoms with van der Waals surface area (Å²) in [5.74, 6) is -5.65. The normalized spacial score (nSPS) is 11.2. The van der Waals surface area contributed by atoms with E-state index >= 15 is 0 Å². The third kappa shape index (κ3) is 3.90. The summed E-state index contributed by atoms with van der Waals surface area (Å²) in [4.78, 5) is 0. The van der Waals surface area contributed by atoms with Gasteiger partial charge in [-0.1, -0.05) is 24.3 Å². The lowest BCUT2D eigenvalue weighted by molar-refractivity contribution is -0.185. The highest BCUT2D eigenvalue weighted by atomic mass is 19.3. The van der Waals surface area contributed by atoms with Crippen molar-refractivity contribution in [3.63, 3.8) is 0 Å². The molecule has 0 N–H and O–H groups in total. The molecule has 0 spiro atoms. The number of hydrogen-bond donors (Lipinski definition) is 0. The Bertz CT molecular complexity index is 1100. The molecule has 148 valence electrons. The van der Waals surface area contributed by atoms with Gasteiger partial charge in [0.15, 0.2) is 11.6 Å². The average molecular weight is 407 g/mol. The molecule has 2 nitrogen and oxygen atoms in total. The Hall–Kier alpha value is -3.47. The molecule has 0 saturated carbocycles. The second-order valence-corrected chi connectivity index (χ2v) is 6.13. The highest BCUT2D eigenvalue weighted by Gasteiger charge is 2.35. The molecule has 0 aromatic heterocycles. The smallest absolute Gasteiger partial charge is 0.426 e. The summed E-state index contributed by atoms with van der Waals surface area (Å²) < 4.78 is 88.0. The van der Waals surface area contributed by atoms with Crippen molar-refractivity contribution in [1.29, 1.82) is 5.26 Å². The Balaban J connectivity index is 1.89. The fourth-order valence-corrected chi connectivity index (χ4v) is 2.64. The molecule has 3 aromatic rings. The Morgan fingerprint density at radius 1 is 0.862 bits per heavy atom. The van der Waals surface area contributed by atoms with Crippen LogP contribution >= 0.6 is 0 Å². The molecule has 0 radical (unpaired) electrons. The van der Waals surface area contributed by atoms with Crippen LogP contribution in [0.2, 0.25) is 0 Å². The highest BCUT2D eigenvalue weighted by molar-refractivity contribution is 5.65. The van der Waals surface area contributed by atoms with Gasteiger partial charge in [0, 0.05) is 17.7 Å². The quantitative estimate of drug-likeness (QED) is 0.481. The van der Waals surface area contributed by atoms with Gasteiger partial charge in [0.1, 0.15) is 29.0 Å². The highest BCUT2D eigenvalue weighted by Crippen LogP contribution is 2.34. The first-order valence-electron chi connectivity index (χ1n) is 8.15. The largest absolute Gasteiger partial charge is 0.429 e. The van der Waals surface area contributed by atoms with Crippen LogP contribution < -0.4 is 4.74 Å². The summed E-state index contributed by atoms with van der Waals surface area (Å²) >= 11 is 0. The van der Waals surface area contributed by atoms with Crippen molar-refractivity contribution < 1.29 is 31.1 Å². The maximum atomic E-state index is 14.4. The summed E-state index contributed by atoms with van der Waals surface area (Å²) in [6, 6.07) is 8.99. The number of halogens is 6. The Kier molecular flexibility index (Phi) is 5.25. The summed E-state index contributed by atoms with van der Waals surface area (Å²) in [7, 11) is 0. The van der Waals surface area contributed by atoms with Crippen LogP contribution in [0.4, 0.5) is 26.3 Å². The number of hydrogen-bond acceptors (Lipinski definition) is 2. The lowest BCUT2D eigenvalue weighted by Crippen LogP contribution is -2.22. The van der Waals surface area contributed by atoms with E-state index in [-0.39, 0.29) is 16.7 Å². The van der Waals surface area contributed by atoms with Crippen molar-refractivity contribution in [3.8, 4) is 22.9 Å². The van der Waals surface area contributed by atoms with E-state index in [1.807, 2.05) is 0 Å². The van der Waals surface area contributed by atoms with Crippen molar-refractivity contribution in [2.45, 2.75) is 13.0 Å². The zero-order valence-corrected chi connectivity index (χ0v) is 14.7. The summed E-state index contributed by atoms with van der Waals surface area (Å²) in [6.07, 6.45) is -3.98. The summed E-state index contributed by atoms with van der Waals surface area (Å²) in [6.45, 7) is 1.39. The van der Waals surface area contributed by atoms with E-state index in [4.69, 9.17) is 5.26 Å². The molecule has 0 bridgehead atoms. The molecule has 0 aliphatic carbocycles. The number of aryl methyl sites for hydroxylation is 1. The predicted octanol–water partition coefficient (Wildman–Crippen LogP) is 6.22. The Labute approximate surface area is 161 Å². The van der Waals surface area contributed by atoms with Crippen LogP contribution in [-0.2, 0) is 6.11 Å². The minimum absolute atomic E-state index is 0.102. The molecule has 29 heavy (non-hydrogen) atoms. The average Bonchev–Trinajstić information content (AvgIpc) is 2.66. The predicted molar refractivity (Wildman–Crippen MR) is 92.1 cm³/mol. The number of rotatable bonds is 4. The van der Waals surface area contributed by atoms with Gasteiger partial charge in [0.05, 0.1) is 5.56 Å². The van der Waals surface area contributed by atoms with Gasteiger partial charge in [0.25, 0.3) is 0 Å². The van der Waals surface area contributed by atoms with Crippen molar-refractivity contribution in [2.24, 2.45) is 0 Å². The second-order valence-electron chi connectivity index (χ2n) is 6.13. The molecule has 0 amide bonds. The second kappa shape index (κ2) is 7.51. The van der Waals surface area contributed by atoms with E-state index in [2.05, 4.69) is 4.74 Å². The van der Waals surface area contributed by atoms with Gasteiger partial charge in [0.2, 0.25) is 0 Å². The number of alkyl halides is 2. The third-order valence-corrected chi connectivity index (χ3v) is 4.18. The number of nitriles is 1. The monoisotopic (exact) mass is 407 g/mol. The molecule has 0 aliphatic rings. The van der Waals surface area contributed by atoms with Crippen LogP contribution in [0, 0.1) is 41.5 Å². The maximum Gasteiger partial charge on any atom is 0.426 e. The van der Waals surface area contributed by atoms with E-state index in [1.165, 1.54) is 25.1 Å². The fourth-order valence-electron chi connectivity index (χ4n) is 2.64. The van der Waals surface area contributed by atoms with E-state index < -0.39 is 46.3 Å². The first-order valence-corrected chi connectivity index (χ1v) is 8.15. The van der Waals surface area contributed by atoms with Gasteiger partial charge in [-0.2, -0.15) is 14.0 Å². The maximum absolute atomic E-state index is 14.4. The minimum atomic E-state index is -3.98. The van der Waals surface area contributed by atoms with Gasteiger partial charge in [-0.15, -0.1) is 0 Å². The summed E-state index contributed by atoms with van der Waals surface area (Å²) in [5.41, 5.74) is -1.46. The number of nitrogens with zero attached hydrogens (tertiary/aromatic N) is 1. The van der Waals surface area contributed by atoms with Gasteiger partial charge in [-0.3, -0.25) is 0 Å². The van der Waals surface area contributed by atoms with E-state index in [0.29, 0.717) is 12.1 Å². The van der Waals surface area contributed by atoms with Crippen molar-refractivity contribution in [1.82, 2.24) is 0 Å². The van der Waals surface area contributed by atoms with E-state index in [9.17, 15) is 26.3 Å². The molecule has 8 heteroatoms. The van der Waals surface area contributed by atoms with Crippen LogP contribution in [0.25, 0.3) is 11.1 Å². The van der Waals surface area contributed by atoms with Crippen molar-refractivity contribution in [3.05, 3.63) is 88.5 Å². The van der Waals surface area contributed by atoms with Gasteiger partial charge in [-0.25, -0.2) is 17.6 Å². The van der Waals surface area contributed by atoms with Gasteiger partial charge in [-0.05, 0) is 30.2 Å². The molecule has 0 fully saturated rings. The van der Waals surface area contributed by atoms with Crippen LogP contribution in [0.3, 0.4) is 0 Å². The zero-order valence-electron chi connectivity index (χ0n) is 14.7. The molecule has 3 aromatic carbocycles. The number of ether oxygens (including phenoxy) is 1. The lowest BCUT2D eigenvalue weighted by Gasteiger charge is -2.19. The first-order chi connectivity index (χ1) is 13.6. The SMILES string of the molecule is Cc1ccc(-c2ccc(C(F)(F)Oc3cc(F)c(C#N)c(F)c3)cc2)c(F)c1F. The third-order valence-electron chi connectivity index (χ3n) is 4.18. The molecular formula is C21H11F6NO. The molecule has 0 atom stereocenters. The topological polar surface area (TPSA) is 33.0 Å². The standard InChI is InChI=1S/C21H11F6NO/c1-11-2-7-15(20(25)19(11)24)12-3-5-13(6-4-12)21(26,27)29-14-8-17(22)16(10-28)18(23)9-14/h2-9H,1H3. The fraction of sp³-hybridized carbons (Fsp3) is 0.0952. The van der Waals surface area contributed by atoms with Gasteiger partial charge < -0.3 is 4.74 Å². The van der Waals surface area contributed by atoms with Crippen LogP contribution in [0.15, 0.2) is 48.5 Å².